The van der Waals surface area contributed by atoms with E-state index in [9.17, 15) is 9.59 Å². The van der Waals surface area contributed by atoms with Crippen LogP contribution in [0.2, 0.25) is 10.0 Å². The van der Waals surface area contributed by atoms with E-state index < -0.39 is 11.5 Å². The lowest BCUT2D eigenvalue weighted by Crippen LogP contribution is -2.51. The fourth-order valence-corrected chi connectivity index (χ4v) is 4.74. The van der Waals surface area contributed by atoms with Crippen molar-refractivity contribution >= 4 is 40.7 Å². The number of carbonyl (C=O) groups excluding carboxylic acids is 2. The molecule has 0 radical (unpaired) electrons. The Bertz CT molecular complexity index is 933. The minimum atomic E-state index is -1.07. The highest BCUT2D eigenvalue weighted by atomic mass is 35.5. The van der Waals surface area contributed by atoms with Crippen molar-refractivity contribution in [2.75, 3.05) is 19.0 Å². The minimum absolute atomic E-state index is 0.0864. The summed E-state index contributed by atoms with van der Waals surface area (Å²) in [6, 6.07) is 12.7. The number of hydrogen-bond acceptors (Lipinski definition) is 3. The number of rotatable bonds is 2. The molecule has 0 bridgehead atoms. The van der Waals surface area contributed by atoms with Crippen molar-refractivity contribution in [3.8, 4) is 0 Å². The first kappa shape index (κ1) is 18.3. The van der Waals surface area contributed by atoms with Crippen molar-refractivity contribution in [1.82, 2.24) is 5.32 Å². The Morgan fingerprint density at radius 1 is 1.11 bits per heavy atom. The number of hydrogen-bond donors (Lipinski definition) is 2. The van der Waals surface area contributed by atoms with Gasteiger partial charge in [0, 0.05) is 35.3 Å². The van der Waals surface area contributed by atoms with Gasteiger partial charge in [0.15, 0.2) is 0 Å². The maximum atomic E-state index is 13.4. The summed E-state index contributed by atoms with van der Waals surface area (Å²) in [5.74, 6) is -0.705. The zero-order valence-electron chi connectivity index (χ0n) is 14.6. The van der Waals surface area contributed by atoms with E-state index in [0.29, 0.717) is 22.3 Å². The Morgan fingerprint density at radius 2 is 1.89 bits per heavy atom. The quantitative estimate of drug-likeness (QED) is 0.804. The highest BCUT2D eigenvalue weighted by molar-refractivity contribution is 6.31. The number of ether oxygens (including phenoxy) is 1. The van der Waals surface area contributed by atoms with Crippen LogP contribution in [-0.2, 0) is 19.7 Å². The van der Waals surface area contributed by atoms with E-state index in [1.54, 1.807) is 18.2 Å². The van der Waals surface area contributed by atoms with Crippen molar-refractivity contribution < 1.29 is 14.3 Å². The molecule has 2 N–H and O–H groups in total. The Kier molecular flexibility index (Phi) is 4.62. The average Bonchev–Trinajstić information content (AvgIpc) is 2.81. The van der Waals surface area contributed by atoms with Crippen LogP contribution in [0.15, 0.2) is 42.5 Å². The van der Waals surface area contributed by atoms with Crippen LogP contribution >= 0.6 is 23.2 Å². The molecular formula is C20H18Cl2N2O3. The molecule has 2 heterocycles. The molecule has 0 aliphatic carbocycles. The Balaban J connectivity index is 1.99. The molecule has 2 aromatic rings. The van der Waals surface area contributed by atoms with E-state index in [4.69, 9.17) is 27.9 Å². The van der Waals surface area contributed by atoms with Crippen molar-refractivity contribution in [1.29, 1.82) is 0 Å². The molecule has 1 fully saturated rings. The van der Waals surface area contributed by atoms with Gasteiger partial charge in [-0.15, -0.1) is 0 Å². The predicted molar refractivity (Wildman–Crippen MR) is 104 cm³/mol. The molecule has 7 heteroatoms. The van der Waals surface area contributed by atoms with Gasteiger partial charge in [0.1, 0.15) is 5.41 Å². The van der Waals surface area contributed by atoms with Gasteiger partial charge >= 0.3 is 0 Å². The van der Waals surface area contributed by atoms with E-state index in [-0.39, 0.29) is 24.2 Å². The Hall–Kier alpha value is -2.08. The molecule has 140 valence electrons. The largest absolute Gasteiger partial charge is 0.379 e. The molecule has 2 aromatic carbocycles. The van der Waals surface area contributed by atoms with Crippen LogP contribution in [0.1, 0.15) is 23.5 Å². The smallest absolute Gasteiger partial charge is 0.238 e. The number of methoxy groups -OCH3 is 1. The minimum Gasteiger partial charge on any atom is -0.379 e. The zero-order chi connectivity index (χ0) is 19.2. The standard InChI is InChI=1S/C20H18Cl2N2O3/c1-27-17-9-18(25)23-10-15(11-3-2-4-12(21)7-11)20(17)14-6-5-13(22)8-16(14)24-19(20)26/h2-8,15,17H,9-10H2,1H3,(H,23,25)(H,24,26). The third kappa shape index (κ3) is 2.81. The SMILES string of the molecule is COC1CC(=O)NCC(c2cccc(Cl)c2)C12C(=O)Nc1cc(Cl)ccc12. The van der Waals surface area contributed by atoms with Crippen molar-refractivity contribution in [3.05, 3.63) is 63.6 Å². The lowest BCUT2D eigenvalue weighted by atomic mass is 9.64. The first-order valence-electron chi connectivity index (χ1n) is 8.63. The molecule has 1 saturated heterocycles. The number of benzene rings is 2. The number of anilines is 1. The van der Waals surface area contributed by atoms with Gasteiger partial charge in [-0.1, -0.05) is 41.4 Å². The van der Waals surface area contributed by atoms with Crippen LogP contribution in [-0.4, -0.2) is 31.6 Å². The van der Waals surface area contributed by atoms with Gasteiger partial charge in [0.2, 0.25) is 11.8 Å². The topological polar surface area (TPSA) is 67.4 Å². The molecule has 2 aliphatic rings. The van der Waals surface area contributed by atoms with Gasteiger partial charge in [0.25, 0.3) is 0 Å². The maximum absolute atomic E-state index is 13.4. The fraction of sp³-hybridized carbons (Fsp3) is 0.300. The number of carbonyl (C=O) groups is 2. The summed E-state index contributed by atoms with van der Waals surface area (Å²) in [6.45, 7) is 0.300. The molecule has 27 heavy (non-hydrogen) atoms. The first-order chi connectivity index (χ1) is 13.0. The number of halogens is 2. The predicted octanol–water partition coefficient (Wildman–Crippen LogP) is 3.50. The van der Waals surface area contributed by atoms with Gasteiger partial charge in [-0.2, -0.15) is 0 Å². The highest BCUT2D eigenvalue weighted by Gasteiger charge is 2.59. The summed E-state index contributed by atoms with van der Waals surface area (Å²) in [5, 5.41) is 6.97. The average molecular weight is 405 g/mol. The second-order valence-corrected chi connectivity index (χ2v) is 7.73. The molecule has 0 saturated carbocycles. The van der Waals surface area contributed by atoms with Crippen molar-refractivity contribution in [2.24, 2.45) is 0 Å². The number of fused-ring (bicyclic) bond motifs is 2. The normalized spacial score (nSPS) is 27.1. The molecule has 3 atom stereocenters. The fourth-order valence-electron chi connectivity index (χ4n) is 4.37. The van der Waals surface area contributed by atoms with Crippen molar-refractivity contribution in [3.63, 3.8) is 0 Å². The van der Waals surface area contributed by atoms with Gasteiger partial charge in [-0.05, 0) is 35.4 Å². The lowest BCUT2D eigenvalue weighted by molar-refractivity contribution is -0.129. The van der Waals surface area contributed by atoms with E-state index in [2.05, 4.69) is 10.6 Å². The third-order valence-corrected chi connectivity index (χ3v) is 5.99. The number of amides is 2. The highest BCUT2D eigenvalue weighted by Crippen LogP contribution is 2.52. The van der Waals surface area contributed by atoms with Crippen LogP contribution in [0.4, 0.5) is 5.69 Å². The molecule has 2 amide bonds. The molecule has 5 nitrogen and oxygen atoms in total. The zero-order valence-corrected chi connectivity index (χ0v) is 16.1. The van der Waals surface area contributed by atoms with Crippen LogP contribution in [0.25, 0.3) is 0 Å². The Morgan fingerprint density at radius 3 is 2.63 bits per heavy atom. The second kappa shape index (κ2) is 6.82. The van der Waals surface area contributed by atoms with Crippen LogP contribution in [0.3, 0.4) is 0 Å². The lowest BCUT2D eigenvalue weighted by Gasteiger charge is -2.39. The summed E-state index contributed by atoms with van der Waals surface area (Å²) in [6.07, 6.45) is -0.547. The maximum Gasteiger partial charge on any atom is 0.238 e. The van der Waals surface area contributed by atoms with Crippen LogP contribution < -0.4 is 10.6 Å². The van der Waals surface area contributed by atoms with Gasteiger partial charge in [-0.3, -0.25) is 9.59 Å². The molecular weight excluding hydrogens is 387 g/mol. The van der Waals surface area contributed by atoms with E-state index in [0.717, 1.165) is 11.1 Å². The molecule has 4 rings (SSSR count). The van der Waals surface area contributed by atoms with Gasteiger partial charge in [0.05, 0.1) is 12.5 Å². The summed E-state index contributed by atoms with van der Waals surface area (Å²) < 4.78 is 5.73. The molecule has 2 aliphatic heterocycles. The molecule has 0 aromatic heterocycles. The third-order valence-electron chi connectivity index (χ3n) is 5.52. The summed E-state index contributed by atoms with van der Waals surface area (Å²) >= 11 is 12.4. The van der Waals surface area contributed by atoms with Crippen molar-refractivity contribution in [2.45, 2.75) is 23.9 Å². The first-order valence-corrected chi connectivity index (χ1v) is 9.39. The van der Waals surface area contributed by atoms with E-state index in [1.807, 2.05) is 24.3 Å². The van der Waals surface area contributed by atoms with E-state index in [1.165, 1.54) is 7.11 Å². The van der Waals surface area contributed by atoms with E-state index >= 15 is 0 Å². The monoisotopic (exact) mass is 404 g/mol. The molecule has 3 unspecified atom stereocenters. The summed E-state index contributed by atoms with van der Waals surface area (Å²) in [7, 11) is 1.53. The Labute approximate surface area is 167 Å². The summed E-state index contributed by atoms with van der Waals surface area (Å²) in [5.41, 5.74) is 1.23. The van der Waals surface area contributed by atoms with Crippen LogP contribution in [0.5, 0.6) is 0 Å². The number of nitrogens with one attached hydrogen (secondary N) is 2. The molecule has 1 spiro atoms. The second-order valence-electron chi connectivity index (χ2n) is 6.85. The van der Waals surface area contributed by atoms with Gasteiger partial charge in [-0.25, -0.2) is 0 Å². The van der Waals surface area contributed by atoms with Gasteiger partial charge < -0.3 is 15.4 Å². The summed E-state index contributed by atoms with van der Waals surface area (Å²) in [4.78, 5) is 25.7. The van der Waals surface area contributed by atoms with Crippen LogP contribution in [0, 0.1) is 0 Å².